The highest BCUT2D eigenvalue weighted by Gasteiger charge is 2.54. The van der Waals surface area contributed by atoms with E-state index in [1.165, 1.54) is 7.11 Å². The fourth-order valence-corrected chi connectivity index (χ4v) is 6.59. The molecule has 2 fully saturated rings. The number of aliphatic hydroxyl groups excluding tert-OH is 1. The van der Waals surface area contributed by atoms with E-state index >= 15 is 0 Å². The molecule has 1 aliphatic carbocycles. The number of allylic oxidation sites excluding steroid dienone is 2. The lowest BCUT2D eigenvalue weighted by molar-refractivity contribution is -0.182. The number of cyclic esters (lactones) is 1. The molecule has 0 amide bonds. The first-order valence-electron chi connectivity index (χ1n) is 15.0. The van der Waals surface area contributed by atoms with Crippen LogP contribution in [-0.2, 0) is 42.8 Å². The van der Waals surface area contributed by atoms with E-state index in [2.05, 4.69) is 9.72 Å². The summed E-state index contributed by atoms with van der Waals surface area (Å²) in [5.74, 6) is -4.60. The van der Waals surface area contributed by atoms with E-state index in [9.17, 15) is 24.3 Å². The summed E-state index contributed by atoms with van der Waals surface area (Å²) in [6.07, 6.45) is 4.05. The number of H-pyrrole nitrogens is 1. The van der Waals surface area contributed by atoms with Crippen LogP contribution in [0.25, 0.3) is 0 Å². The SMILES string of the molecule is COC(=O)C(=O)O[C@H](C)[C@H]1OC(=O)[C@@H](OC)C[C@@H](/C=C\C2C3CO[C@H]2[C@H](OC(=O)c2ccc[nH]2)[C@H](C)[C@H]3O)C/C(C)=C/[C@H]1C. The zero-order valence-electron chi connectivity index (χ0n) is 26.0. The van der Waals surface area contributed by atoms with Gasteiger partial charge >= 0.3 is 23.9 Å². The van der Waals surface area contributed by atoms with E-state index in [4.69, 9.17) is 23.7 Å². The topological polar surface area (TPSA) is 160 Å². The number of fused-ring (bicyclic) bond motifs is 2. The van der Waals surface area contributed by atoms with Gasteiger partial charge in [0.25, 0.3) is 0 Å². The zero-order chi connectivity index (χ0) is 32.1. The number of esters is 4. The fourth-order valence-electron chi connectivity index (χ4n) is 6.59. The quantitative estimate of drug-likeness (QED) is 0.200. The van der Waals surface area contributed by atoms with E-state index in [-0.39, 0.29) is 29.6 Å². The molecule has 2 bridgehead atoms. The third-order valence-electron chi connectivity index (χ3n) is 8.91. The molecule has 0 spiro atoms. The van der Waals surface area contributed by atoms with Gasteiger partial charge in [-0.2, -0.15) is 0 Å². The second-order valence-electron chi connectivity index (χ2n) is 12.0. The first-order chi connectivity index (χ1) is 20.9. The molecule has 1 aromatic heterocycles. The molecular formula is C32H43NO11. The van der Waals surface area contributed by atoms with Gasteiger partial charge in [0.1, 0.15) is 30.1 Å². The minimum absolute atomic E-state index is 0.127. The van der Waals surface area contributed by atoms with Gasteiger partial charge in [-0.1, -0.05) is 37.6 Å². The van der Waals surface area contributed by atoms with Crippen LogP contribution in [0.2, 0.25) is 0 Å². The van der Waals surface area contributed by atoms with Crippen LogP contribution in [0.1, 0.15) is 51.0 Å². The second-order valence-corrected chi connectivity index (χ2v) is 12.0. The lowest BCUT2D eigenvalue weighted by Crippen LogP contribution is -2.51. The maximum Gasteiger partial charge on any atom is 0.417 e. The monoisotopic (exact) mass is 617 g/mol. The molecule has 0 radical (unpaired) electrons. The van der Waals surface area contributed by atoms with Crippen LogP contribution in [0.15, 0.2) is 42.1 Å². The van der Waals surface area contributed by atoms with Gasteiger partial charge in [-0.15, -0.1) is 0 Å². The van der Waals surface area contributed by atoms with Crippen molar-refractivity contribution in [3.63, 3.8) is 0 Å². The standard InChI is InChI=1S/C32H43NO11/c1-16-12-17(2)26(19(4)42-32(38)31(37)40-6)43-30(36)24(39-5)14-20(13-16)9-10-21-22-15-41-28(21)27(18(3)25(22)34)44-29(35)23-8-7-11-33-23/h7-12,17-22,24-28,33-34H,13-15H2,1-6H3/b10-9-,16-12+/t17-,18-,19-,20+,21?,22?,24+,25-,26+,27-,28-/m1/s1. The van der Waals surface area contributed by atoms with Crippen LogP contribution in [0.4, 0.5) is 0 Å². The van der Waals surface area contributed by atoms with E-state index in [0.29, 0.717) is 25.1 Å². The molecule has 3 aliphatic rings. The van der Waals surface area contributed by atoms with Crippen molar-refractivity contribution in [2.24, 2.45) is 29.6 Å². The Bertz CT molecular complexity index is 1240. The number of carbonyl (C=O) groups excluding carboxylic acids is 4. The molecule has 2 N–H and O–H groups in total. The highest BCUT2D eigenvalue weighted by atomic mass is 16.6. The van der Waals surface area contributed by atoms with Gasteiger partial charge in [-0.3, -0.25) is 0 Å². The van der Waals surface area contributed by atoms with Crippen molar-refractivity contribution in [1.82, 2.24) is 4.98 Å². The Morgan fingerprint density at radius 2 is 1.91 bits per heavy atom. The molecule has 3 heterocycles. The summed E-state index contributed by atoms with van der Waals surface area (Å²) in [6.45, 7) is 7.57. The third kappa shape index (κ3) is 7.41. The Labute approximate surface area is 257 Å². The fraction of sp³-hybridized carbons (Fsp3) is 0.625. The summed E-state index contributed by atoms with van der Waals surface area (Å²) >= 11 is 0. The Morgan fingerprint density at radius 3 is 2.57 bits per heavy atom. The van der Waals surface area contributed by atoms with Crippen LogP contribution in [0, 0.1) is 29.6 Å². The van der Waals surface area contributed by atoms with Crippen molar-refractivity contribution >= 4 is 23.9 Å². The maximum atomic E-state index is 13.2. The van der Waals surface area contributed by atoms with Crippen molar-refractivity contribution in [2.75, 3.05) is 20.8 Å². The number of hydrogen-bond donors (Lipinski definition) is 2. The number of aromatic nitrogens is 1. The lowest BCUT2D eigenvalue weighted by atomic mass is 9.71. The van der Waals surface area contributed by atoms with Crippen LogP contribution in [0.3, 0.4) is 0 Å². The molecule has 2 aliphatic heterocycles. The lowest BCUT2D eigenvalue weighted by Gasteiger charge is -2.40. The predicted octanol–water partition coefficient (Wildman–Crippen LogP) is 2.76. The van der Waals surface area contributed by atoms with Crippen LogP contribution < -0.4 is 0 Å². The first-order valence-corrected chi connectivity index (χ1v) is 15.0. The van der Waals surface area contributed by atoms with Crippen molar-refractivity contribution < 1.29 is 52.7 Å². The Morgan fingerprint density at radius 1 is 1.16 bits per heavy atom. The van der Waals surface area contributed by atoms with Crippen molar-refractivity contribution in [3.05, 3.63) is 47.8 Å². The number of hydrogen-bond acceptors (Lipinski definition) is 11. The molecule has 0 aromatic carbocycles. The molecule has 2 unspecified atom stereocenters. The minimum Gasteiger partial charge on any atom is -0.461 e. The van der Waals surface area contributed by atoms with E-state index in [1.807, 2.05) is 39.0 Å². The van der Waals surface area contributed by atoms with Crippen molar-refractivity contribution in [3.8, 4) is 0 Å². The highest BCUT2D eigenvalue weighted by Crippen LogP contribution is 2.44. The van der Waals surface area contributed by atoms with E-state index in [0.717, 1.165) is 12.7 Å². The van der Waals surface area contributed by atoms with E-state index < -0.39 is 60.5 Å². The predicted molar refractivity (Wildman–Crippen MR) is 155 cm³/mol. The Balaban J connectivity index is 1.52. The summed E-state index contributed by atoms with van der Waals surface area (Å²) in [6, 6.07) is 3.34. The van der Waals surface area contributed by atoms with Gasteiger partial charge in [-0.05, 0) is 44.7 Å². The first kappa shape index (κ1) is 33.4. The van der Waals surface area contributed by atoms with Gasteiger partial charge in [0.2, 0.25) is 0 Å². The summed E-state index contributed by atoms with van der Waals surface area (Å²) < 4.78 is 32.9. The molecule has 1 aromatic rings. The number of carbonyl (C=O) groups is 4. The minimum atomic E-state index is -1.17. The smallest absolute Gasteiger partial charge is 0.417 e. The van der Waals surface area contributed by atoms with Crippen LogP contribution in [0.5, 0.6) is 0 Å². The maximum absolute atomic E-state index is 13.2. The van der Waals surface area contributed by atoms with Crippen molar-refractivity contribution in [2.45, 2.75) is 77.2 Å². The molecule has 12 nitrogen and oxygen atoms in total. The average molecular weight is 618 g/mol. The zero-order valence-corrected chi connectivity index (χ0v) is 26.0. The largest absolute Gasteiger partial charge is 0.461 e. The van der Waals surface area contributed by atoms with Crippen molar-refractivity contribution in [1.29, 1.82) is 0 Å². The molecule has 4 rings (SSSR count). The third-order valence-corrected chi connectivity index (χ3v) is 8.91. The molecule has 12 heteroatoms. The normalized spacial score (nSPS) is 36.1. The van der Waals surface area contributed by atoms with Gasteiger partial charge in [-0.25, -0.2) is 19.2 Å². The van der Waals surface area contributed by atoms with Crippen LogP contribution in [-0.4, -0.2) is 91.4 Å². The Hall–Kier alpha value is -3.48. The summed E-state index contributed by atoms with van der Waals surface area (Å²) in [5, 5.41) is 11.1. The van der Waals surface area contributed by atoms with Gasteiger partial charge in [0.05, 0.1) is 19.8 Å². The molecular weight excluding hydrogens is 574 g/mol. The average Bonchev–Trinajstić information content (AvgIpc) is 3.66. The van der Waals surface area contributed by atoms with Gasteiger partial charge < -0.3 is 38.5 Å². The van der Waals surface area contributed by atoms with Gasteiger partial charge in [0, 0.05) is 37.0 Å². The molecule has 11 atom stereocenters. The number of ether oxygens (including phenoxy) is 6. The van der Waals surface area contributed by atoms with Gasteiger partial charge in [0.15, 0.2) is 6.10 Å². The summed E-state index contributed by atoms with van der Waals surface area (Å²) in [5.41, 5.74) is 1.35. The number of methoxy groups -OCH3 is 2. The van der Waals surface area contributed by atoms with E-state index in [1.54, 1.807) is 25.3 Å². The number of aliphatic hydroxyl groups is 1. The van der Waals surface area contributed by atoms with Crippen LogP contribution >= 0.6 is 0 Å². The summed E-state index contributed by atoms with van der Waals surface area (Å²) in [7, 11) is 2.50. The molecule has 1 saturated heterocycles. The number of rotatable bonds is 7. The number of nitrogens with one attached hydrogen (secondary N) is 1. The second kappa shape index (κ2) is 14.5. The molecule has 242 valence electrons. The molecule has 1 saturated carbocycles. The number of aromatic amines is 1. The summed E-state index contributed by atoms with van der Waals surface area (Å²) in [4.78, 5) is 52.4. The molecule has 44 heavy (non-hydrogen) atoms. The highest BCUT2D eigenvalue weighted by molar-refractivity contribution is 6.29. The Kier molecular flexibility index (Phi) is 11.0.